The fourth-order valence-corrected chi connectivity index (χ4v) is 30.1. The second kappa shape index (κ2) is 31.7. The van der Waals surface area contributed by atoms with E-state index < -0.39 is 0 Å². The van der Waals surface area contributed by atoms with Crippen LogP contribution in [0.1, 0.15) is 0 Å². The number of para-hydroxylation sites is 3. The van der Waals surface area contributed by atoms with Crippen LogP contribution in [0.5, 0.6) is 0 Å². The molecule has 0 aliphatic rings. The van der Waals surface area contributed by atoms with Gasteiger partial charge < -0.3 is 0 Å². The van der Waals surface area contributed by atoms with Crippen molar-refractivity contribution < 1.29 is 0 Å². The van der Waals surface area contributed by atoms with E-state index in [-0.39, 0.29) is 0 Å². The minimum Gasteiger partial charge on any atom is -0.276 e. The van der Waals surface area contributed by atoms with E-state index in [1.165, 1.54) is 188 Å². The number of rotatable bonds is 7. The Bertz CT molecular complexity index is 11300. The maximum absolute atomic E-state index is 5.57. The summed E-state index contributed by atoms with van der Waals surface area (Å²) in [5.41, 5.74) is 18.4. The van der Waals surface area contributed by atoms with Crippen molar-refractivity contribution in [2.75, 3.05) is 0 Å². The van der Waals surface area contributed by atoms with Gasteiger partial charge in [-0.1, -0.05) is 370 Å². The first-order chi connectivity index (χ1) is 71.0. The molecule has 0 fully saturated rings. The van der Waals surface area contributed by atoms with Crippen LogP contribution in [-0.2, 0) is 0 Å². The predicted molar refractivity (Wildman–Crippen MR) is 616 cm³/mol. The minimum atomic E-state index is 0.693. The molecule has 21 aromatic carbocycles. The van der Waals surface area contributed by atoms with Gasteiger partial charge in [0.05, 0.1) is 94.9 Å². The molecular formula is C128H71N9S6. The van der Waals surface area contributed by atoms with Crippen LogP contribution in [0.15, 0.2) is 431 Å². The Morgan fingerprint density at radius 2 is 0.434 bits per heavy atom. The van der Waals surface area contributed by atoms with E-state index in [9.17, 15) is 0 Å². The molecule has 0 aliphatic carbocycles. The van der Waals surface area contributed by atoms with Gasteiger partial charge in [-0.05, 0) is 126 Å². The number of aromatic nitrogens is 9. The van der Waals surface area contributed by atoms with Crippen LogP contribution in [0.25, 0.3) is 303 Å². The fourth-order valence-electron chi connectivity index (χ4n) is 22.8. The van der Waals surface area contributed by atoms with Gasteiger partial charge in [-0.25, -0.2) is 29.9 Å². The predicted octanol–water partition coefficient (Wildman–Crippen LogP) is 37.4. The number of hydrogen-bond donors (Lipinski definition) is 0. The average Bonchev–Trinajstić information content (AvgIpc) is 1.54. The summed E-state index contributed by atoms with van der Waals surface area (Å²) in [5, 5.41) is 31.1. The maximum Gasteiger partial charge on any atom is 0.235 e. The third kappa shape index (κ3) is 12.2. The second-order valence-corrected chi connectivity index (χ2v) is 43.1. The lowest BCUT2D eigenvalue weighted by atomic mass is 9.99. The summed E-state index contributed by atoms with van der Waals surface area (Å²) in [5.74, 6) is 2.09. The van der Waals surface area contributed by atoms with Gasteiger partial charge in [0.1, 0.15) is 0 Å². The Balaban J connectivity index is 0.0000000981. The fraction of sp³-hybridized carbons (Fsp3) is 0. The van der Waals surface area contributed by atoms with E-state index in [4.69, 9.17) is 29.9 Å². The van der Waals surface area contributed by atoms with Gasteiger partial charge >= 0.3 is 0 Å². The molecule has 33 rings (SSSR count). The number of hydrogen-bond acceptors (Lipinski definition) is 12. The lowest BCUT2D eigenvalue weighted by molar-refractivity contribution is 1.02. The van der Waals surface area contributed by atoms with Crippen LogP contribution >= 0.6 is 68.0 Å². The summed E-state index contributed by atoms with van der Waals surface area (Å²) in [6.45, 7) is 0. The molecule has 33 aromatic rings. The van der Waals surface area contributed by atoms with Gasteiger partial charge in [-0.15, -0.1) is 68.0 Å². The first kappa shape index (κ1) is 80.8. The van der Waals surface area contributed by atoms with E-state index in [1.807, 2.05) is 34.0 Å². The summed E-state index contributed by atoms with van der Waals surface area (Å²) in [7, 11) is 0. The molecule has 12 heterocycles. The second-order valence-electron chi connectivity index (χ2n) is 36.7. The van der Waals surface area contributed by atoms with E-state index >= 15 is 0 Å². The highest BCUT2D eigenvalue weighted by atomic mass is 32.1. The molecule has 0 saturated carbocycles. The molecule has 0 bridgehead atoms. The van der Waals surface area contributed by atoms with Crippen molar-refractivity contribution >= 4 is 309 Å². The first-order valence-electron chi connectivity index (χ1n) is 47.9. The summed E-state index contributed by atoms with van der Waals surface area (Å²) >= 11 is 10.9. The van der Waals surface area contributed by atoms with Crippen molar-refractivity contribution in [1.29, 1.82) is 0 Å². The SMILES string of the molecule is c1ccc(-c2ccc(-c3nc(-n4c5ccccc5c5c6ccccc6c6c7ccccc7sc6c54)nc4c3sc3ccccc34)cc2)cc1.c1ccc2c(-c3nc(-n4c5ccccc5c5c6ccccc6c6c7ccccc7sc6c54)nc4c3sc3ccccc34)cccc2c1.c1ccc2cc(-c3nc(-n4c5ccccc5c5c6ccccc6c6c7ccccc7sc6c54)nc4c3sc3ccccc34)ccc2c1. The summed E-state index contributed by atoms with van der Waals surface area (Å²) < 4.78 is 21.7. The van der Waals surface area contributed by atoms with E-state index in [2.05, 4.69) is 444 Å². The maximum atomic E-state index is 5.57. The highest BCUT2D eigenvalue weighted by Crippen LogP contribution is 2.55. The topological polar surface area (TPSA) is 92.1 Å². The molecule has 143 heavy (non-hydrogen) atoms. The summed E-state index contributed by atoms with van der Waals surface area (Å²) in [6, 6.07) is 155. The zero-order valence-corrected chi connectivity index (χ0v) is 80.9. The lowest BCUT2D eigenvalue weighted by Crippen LogP contribution is -2.03. The van der Waals surface area contributed by atoms with Crippen LogP contribution in [0, 0.1) is 0 Å². The Kier molecular flexibility index (Phi) is 17.9. The summed E-state index contributed by atoms with van der Waals surface area (Å²) in [6.07, 6.45) is 0. The molecule has 0 radical (unpaired) electrons. The molecule has 0 aliphatic heterocycles. The molecule has 0 amide bonds. The lowest BCUT2D eigenvalue weighted by Gasteiger charge is -2.12. The third-order valence-electron chi connectivity index (χ3n) is 29.0. The number of thiophene rings is 6. The van der Waals surface area contributed by atoms with E-state index in [0.717, 1.165) is 97.1 Å². The number of nitrogens with zero attached hydrogens (tertiary/aromatic N) is 9. The van der Waals surface area contributed by atoms with Crippen molar-refractivity contribution in [3.63, 3.8) is 0 Å². The summed E-state index contributed by atoms with van der Waals surface area (Å²) in [4.78, 5) is 33.0. The Labute approximate surface area is 838 Å². The highest BCUT2D eigenvalue weighted by Gasteiger charge is 2.31. The van der Waals surface area contributed by atoms with Crippen LogP contribution in [-0.4, -0.2) is 43.6 Å². The molecule has 0 N–H and O–H groups in total. The average molecular weight is 1930 g/mol. The minimum absolute atomic E-state index is 0.693. The smallest absolute Gasteiger partial charge is 0.235 e. The van der Waals surface area contributed by atoms with Gasteiger partial charge in [0.15, 0.2) is 0 Å². The first-order valence-corrected chi connectivity index (χ1v) is 52.8. The molecule has 15 heteroatoms. The Hall–Kier alpha value is -17.1. The standard InChI is InChI=1S/C44H25N3S2.2C42H23N3S2/c1-2-12-26(13-3-1)27-22-24-28(25-23-27)39-43-40(33-18-8-11-21-36(33)49-43)46-44(45-39)47-34-19-9-6-16-31(34)37-29-14-4-5-15-30(29)38-32-17-7-10-20-35(32)48-42(38)41(37)47;1-2-14-25-24(12-1)13-11-20-28(25)37-41-38(31-19-7-10-23-34(31)47-41)44-42(43-37)45-32-21-8-5-17-29(32)35-26-15-3-4-16-27(26)36-30-18-6-9-22-33(30)46-40(36)39(35)45;1-2-12-25-23-26(22-21-24(25)11-1)37-41-38(31-17-7-10-20-34(31)47-41)44-42(43-37)45-32-18-8-5-15-29(32)35-27-13-3-4-14-28(27)36-30-16-6-9-19-33(30)46-40(36)39(35)45/h1-25H;2*1-23H. The Morgan fingerprint density at radius 1 is 0.161 bits per heavy atom. The molecule has 0 unspecified atom stereocenters. The zero-order chi connectivity index (χ0) is 93.3. The molecule has 12 aromatic heterocycles. The molecule has 0 saturated heterocycles. The number of benzene rings is 21. The third-order valence-corrected chi connectivity index (χ3v) is 36.0. The zero-order valence-electron chi connectivity index (χ0n) is 76.0. The van der Waals surface area contributed by atoms with Gasteiger partial charge in [0.2, 0.25) is 17.8 Å². The van der Waals surface area contributed by atoms with Crippen molar-refractivity contribution in [3.05, 3.63) is 431 Å². The molecule has 0 spiro atoms. The molecule has 0 atom stereocenters. The molecular weight excluding hydrogens is 1860 g/mol. The normalized spacial score (nSPS) is 12.2. The van der Waals surface area contributed by atoms with Gasteiger partial charge in [0.25, 0.3) is 0 Å². The van der Waals surface area contributed by atoms with Crippen LogP contribution in [0.2, 0.25) is 0 Å². The van der Waals surface area contributed by atoms with E-state index in [1.54, 1.807) is 34.0 Å². The van der Waals surface area contributed by atoms with Crippen molar-refractivity contribution in [2.45, 2.75) is 0 Å². The van der Waals surface area contributed by atoms with Crippen LogP contribution in [0.4, 0.5) is 0 Å². The van der Waals surface area contributed by atoms with Crippen molar-refractivity contribution in [3.8, 4) is 62.7 Å². The van der Waals surface area contributed by atoms with Gasteiger partial charge in [-0.2, -0.15) is 0 Å². The quantitative estimate of drug-likeness (QED) is 0.158. The number of fused-ring (bicyclic) bond motifs is 41. The van der Waals surface area contributed by atoms with E-state index in [0.29, 0.717) is 17.8 Å². The van der Waals surface area contributed by atoms with Gasteiger partial charge in [0, 0.05) is 126 Å². The van der Waals surface area contributed by atoms with Gasteiger partial charge in [-0.3, -0.25) is 13.7 Å². The largest absolute Gasteiger partial charge is 0.276 e. The highest BCUT2D eigenvalue weighted by molar-refractivity contribution is 7.29. The van der Waals surface area contributed by atoms with Crippen LogP contribution in [0.3, 0.4) is 0 Å². The van der Waals surface area contributed by atoms with Crippen molar-refractivity contribution in [2.24, 2.45) is 0 Å². The Morgan fingerprint density at radius 3 is 0.846 bits per heavy atom. The molecule has 9 nitrogen and oxygen atoms in total. The monoisotopic (exact) mass is 1930 g/mol. The van der Waals surface area contributed by atoms with Crippen molar-refractivity contribution in [1.82, 2.24) is 43.6 Å². The molecule has 664 valence electrons. The van der Waals surface area contributed by atoms with Crippen LogP contribution < -0.4 is 0 Å².